The molecule has 2 fully saturated rings. The van der Waals surface area contributed by atoms with Gasteiger partial charge in [0.1, 0.15) is 12.3 Å². The predicted molar refractivity (Wildman–Crippen MR) is 159 cm³/mol. The zero-order valence-corrected chi connectivity index (χ0v) is 25.0. The molecule has 3 N–H and O–H groups in total. The van der Waals surface area contributed by atoms with Crippen molar-refractivity contribution in [1.29, 1.82) is 0 Å². The average Bonchev–Trinajstić information content (AvgIpc) is 3.57. The Balaban J connectivity index is 1.29. The van der Waals surface area contributed by atoms with E-state index in [4.69, 9.17) is 9.47 Å². The molecular weight excluding hydrogens is 592 g/mol. The molecule has 0 spiro atoms. The highest BCUT2D eigenvalue weighted by atomic mass is 32.2. The Bertz CT molecular complexity index is 1530. The van der Waals surface area contributed by atoms with Crippen molar-refractivity contribution in [3.05, 3.63) is 80.4 Å². The number of fused-ring (bicyclic) bond motifs is 1. The Morgan fingerprint density at radius 3 is 2.59 bits per heavy atom. The van der Waals surface area contributed by atoms with Crippen LogP contribution < -0.4 is 10.6 Å². The van der Waals surface area contributed by atoms with Crippen LogP contribution in [0.15, 0.2) is 59.1 Å². The molecule has 0 radical (unpaired) electrons. The second-order valence-electron chi connectivity index (χ2n) is 11.0. The number of benzene rings is 2. The number of aliphatic hydroxyl groups is 1. The largest absolute Gasteiger partial charge is 0.465 e. The molecule has 44 heavy (non-hydrogen) atoms. The van der Waals surface area contributed by atoms with Crippen LogP contribution in [-0.2, 0) is 30.5 Å². The van der Waals surface area contributed by atoms with Gasteiger partial charge in [-0.1, -0.05) is 13.0 Å². The Labute approximate surface area is 257 Å². The highest BCUT2D eigenvalue weighted by molar-refractivity contribution is 8.03. The summed E-state index contributed by atoms with van der Waals surface area (Å²) < 4.78 is 10.3. The van der Waals surface area contributed by atoms with Crippen molar-refractivity contribution in [2.24, 2.45) is 11.8 Å². The molecule has 0 saturated carbocycles. The van der Waals surface area contributed by atoms with Crippen molar-refractivity contribution in [2.45, 2.75) is 50.3 Å². The Kier molecular flexibility index (Phi) is 9.04. The molecule has 2 aromatic carbocycles. The van der Waals surface area contributed by atoms with Crippen LogP contribution in [0.2, 0.25) is 0 Å². The van der Waals surface area contributed by atoms with Crippen molar-refractivity contribution in [2.75, 3.05) is 19.0 Å². The third kappa shape index (κ3) is 6.05. The summed E-state index contributed by atoms with van der Waals surface area (Å²) in [6, 6.07) is 11.1. The molecular formula is C30H32N4O9S. The number of nitrogens with zero attached hydrogens (tertiary/aromatic N) is 2. The fourth-order valence-corrected chi connectivity index (χ4v) is 7.32. The van der Waals surface area contributed by atoms with Crippen LogP contribution in [0.4, 0.5) is 11.4 Å². The summed E-state index contributed by atoms with van der Waals surface area (Å²) in [5, 5.41) is 27.1. The fourth-order valence-electron chi connectivity index (χ4n) is 5.84. The number of carbonyl (C=O) groups excluding carboxylic acids is 4. The molecule has 3 aliphatic rings. The third-order valence-corrected chi connectivity index (χ3v) is 9.58. The number of methoxy groups -OCH3 is 1. The van der Waals surface area contributed by atoms with Gasteiger partial charge >= 0.3 is 11.9 Å². The summed E-state index contributed by atoms with van der Waals surface area (Å²) in [5.74, 6) is -2.76. The Hall–Kier alpha value is -4.27. The van der Waals surface area contributed by atoms with Crippen LogP contribution in [0.25, 0.3) is 0 Å². The number of nitro benzene ring substituents is 1. The lowest BCUT2D eigenvalue weighted by atomic mass is 9.79. The molecule has 5 rings (SSSR count). The topological polar surface area (TPSA) is 177 Å². The van der Waals surface area contributed by atoms with E-state index in [1.54, 1.807) is 25.1 Å². The Morgan fingerprint density at radius 1 is 1.20 bits per heavy atom. The number of esters is 2. The number of thioether (sulfide) groups is 1. The van der Waals surface area contributed by atoms with Crippen LogP contribution in [0, 0.1) is 22.0 Å². The number of hydrogen-bond acceptors (Lipinski definition) is 11. The number of aliphatic hydroxyl groups excluding tert-OH is 1. The van der Waals surface area contributed by atoms with E-state index in [2.05, 4.69) is 10.6 Å². The quantitative estimate of drug-likeness (QED) is 0.153. The molecule has 2 amide bonds. The lowest BCUT2D eigenvalue weighted by molar-refractivity contribution is -0.384. The van der Waals surface area contributed by atoms with Crippen LogP contribution in [0.1, 0.15) is 36.2 Å². The van der Waals surface area contributed by atoms with E-state index in [0.29, 0.717) is 34.7 Å². The van der Waals surface area contributed by atoms with Gasteiger partial charge in [0.15, 0.2) is 0 Å². The number of β-lactam (4-membered cyclic amide) rings is 1. The van der Waals surface area contributed by atoms with Crippen molar-refractivity contribution in [1.82, 2.24) is 10.2 Å². The first-order valence-electron chi connectivity index (χ1n) is 14.0. The summed E-state index contributed by atoms with van der Waals surface area (Å²) in [6.45, 7) is 3.77. The molecule has 0 unspecified atom stereocenters. The maximum atomic E-state index is 13.4. The normalized spacial score (nSPS) is 24.8. The van der Waals surface area contributed by atoms with Crippen LogP contribution in [-0.4, -0.2) is 75.8 Å². The zero-order chi connectivity index (χ0) is 31.7. The second-order valence-corrected chi connectivity index (χ2v) is 12.3. The van der Waals surface area contributed by atoms with Crippen LogP contribution >= 0.6 is 11.8 Å². The minimum atomic E-state index is -0.896. The number of carbonyl (C=O) groups is 4. The minimum Gasteiger partial charge on any atom is -0.465 e. The molecule has 0 aliphatic carbocycles. The van der Waals surface area contributed by atoms with Gasteiger partial charge in [-0.15, -0.1) is 11.8 Å². The standard InChI is InChI=1S/C30H32N4O9S/c1-15-24-23(16(2)35)28(37)33(24)25(30(39)43-14-17-7-9-20(10-8-17)34(40)41)26(15)44-21-12-22(31-13-21)27(36)32-19-6-4-5-18(11-19)29(38)42-3/h4-11,15-16,21-24,31,35H,12-14H2,1-3H3,(H,32,36)/t15-,16-,21+,22+,23-,24-/m1/s1. The second kappa shape index (κ2) is 12.8. The van der Waals surface area contributed by atoms with E-state index >= 15 is 0 Å². The number of nitro groups is 1. The van der Waals surface area contributed by atoms with Gasteiger partial charge in [-0.2, -0.15) is 0 Å². The molecule has 3 aliphatic heterocycles. The van der Waals surface area contributed by atoms with Gasteiger partial charge < -0.3 is 30.1 Å². The van der Waals surface area contributed by atoms with Gasteiger partial charge in [0.25, 0.3) is 5.69 Å². The van der Waals surface area contributed by atoms with E-state index in [1.165, 1.54) is 54.1 Å². The van der Waals surface area contributed by atoms with E-state index < -0.39 is 41.0 Å². The van der Waals surface area contributed by atoms with Gasteiger partial charge in [-0.3, -0.25) is 19.7 Å². The van der Waals surface area contributed by atoms with Crippen LogP contribution in [0.3, 0.4) is 0 Å². The number of ether oxygens (including phenoxy) is 2. The minimum absolute atomic E-state index is 0.0869. The summed E-state index contributed by atoms with van der Waals surface area (Å²) in [4.78, 5) is 63.9. The highest BCUT2D eigenvalue weighted by Gasteiger charge is 2.60. The highest BCUT2D eigenvalue weighted by Crippen LogP contribution is 2.52. The molecule has 2 saturated heterocycles. The first kappa shape index (κ1) is 31.2. The maximum absolute atomic E-state index is 13.4. The van der Waals surface area contributed by atoms with E-state index in [9.17, 15) is 34.4 Å². The lowest BCUT2D eigenvalue weighted by Gasteiger charge is -2.46. The number of anilines is 1. The van der Waals surface area contributed by atoms with E-state index in [0.717, 1.165) is 0 Å². The van der Waals surface area contributed by atoms with Crippen molar-refractivity contribution >= 4 is 46.9 Å². The molecule has 3 heterocycles. The van der Waals surface area contributed by atoms with Gasteiger partial charge in [-0.05, 0) is 49.2 Å². The summed E-state index contributed by atoms with van der Waals surface area (Å²) >= 11 is 1.41. The summed E-state index contributed by atoms with van der Waals surface area (Å²) in [7, 11) is 1.28. The van der Waals surface area contributed by atoms with Crippen molar-refractivity contribution < 1.29 is 38.7 Å². The smallest absolute Gasteiger partial charge is 0.356 e. The number of non-ortho nitro benzene ring substituents is 1. The molecule has 13 nitrogen and oxygen atoms in total. The summed E-state index contributed by atoms with van der Waals surface area (Å²) in [5.41, 5.74) is 1.35. The Morgan fingerprint density at radius 2 is 1.93 bits per heavy atom. The molecule has 232 valence electrons. The number of hydrogen-bond donors (Lipinski definition) is 3. The van der Waals surface area contributed by atoms with Crippen LogP contribution in [0.5, 0.6) is 0 Å². The number of amides is 2. The molecule has 6 atom stereocenters. The molecule has 0 bridgehead atoms. The third-order valence-electron chi connectivity index (χ3n) is 8.07. The average molecular weight is 625 g/mol. The van der Waals surface area contributed by atoms with Gasteiger partial charge in [0.2, 0.25) is 11.8 Å². The number of rotatable bonds is 10. The molecule has 2 aromatic rings. The van der Waals surface area contributed by atoms with Crippen molar-refractivity contribution in [3.63, 3.8) is 0 Å². The fraction of sp³-hybridized carbons (Fsp3) is 0.400. The van der Waals surface area contributed by atoms with E-state index in [-0.39, 0.29) is 41.0 Å². The number of nitrogens with one attached hydrogen (secondary N) is 2. The lowest BCUT2D eigenvalue weighted by Crippen LogP contribution is -2.63. The zero-order valence-electron chi connectivity index (χ0n) is 24.2. The molecule has 14 heteroatoms. The van der Waals surface area contributed by atoms with Gasteiger partial charge in [-0.25, -0.2) is 9.59 Å². The molecule has 0 aromatic heterocycles. The monoisotopic (exact) mass is 624 g/mol. The first-order chi connectivity index (χ1) is 21.0. The first-order valence-corrected chi connectivity index (χ1v) is 14.9. The van der Waals surface area contributed by atoms with Crippen molar-refractivity contribution in [3.8, 4) is 0 Å². The van der Waals surface area contributed by atoms with Gasteiger partial charge in [0.05, 0.1) is 41.7 Å². The van der Waals surface area contributed by atoms with E-state index in [1.807, 2.05) is 6.92 Å². The maximum Gasteiger partial charge on any atom is 0.356 e. The SMILES string of the molecule is COC(=O)c1cccc(NC(=O)[C@@H]2C[C@H](SC3=C(C(=O)OCc4ccc([N+](=O)[O-])cc4)N4C(=O)[C@H]([C@@H](C)O)[C@H]4[C@H]3C)CN2)c1. The predicted octanol–water partition coefficient (Wildman–Crippen LogP) is 2.60. The van der Waals surface area contributed by atoms with Gasteiger partial charge in [0, 0.05) is 40.4 Å². The summed E-state index contributed by atoms with van der Waals surface area (Å²) in [6.07, 6.45) is -0.459.